The van der Waals surface area contributed by atoms with E-state index in [2.05, 4.69) is 6.92 Å². The van der Waals surface area contributed by atoms with Crippen LogP contribution in [-0.2, 0) is 6.18 Å². The Hall–Kier alpha value is -0.990. The molecule has 0 N–H and O–H groups in total. The molecule has 0 heterocycles. The molecule has 0 radical (unpaired) electrons. The van der Waals surface area contributed by atoms with Crippen LogP contribution >= 0.6 is 0 Å². The maximum absolute atomic E-state index is 13.0. The molecule has 0 aromatic heterocycles. The Morgan fingerprint density at radius 3 is 2.26 bits per heavy atom. The topological polar surface area (TPSA) is 0 Å². The molecule has 0 fully saturated rings. The lowest BCUT2D eigenvalue weighted by Gasteiger charge is -2.20. The molecule has 0 aliphatic carbocycles. The minimum Gasteiger partial charge on any atom is -0.166 e. The number of rotatable bonds is 7. The molecule has 19 heavy (non-hydrogen) atoms. The first-order chi connectivity index (χ1) is 9.00. The molecule has 1 atom stereocenters. The van der Waals surface area contributed by atoms with Crippen LogP contribution in [0.5, 0.6) is 0 Å². The first kappa shape index (κ1) is 16.1. The number of halogens is 3. The van der Waals surface area contributed by atoms with Crippen LogP contribution in [0.2, 0.25) is 0 Å². The van der Waals surface area contributed by atoms with Crippen molar-refractivity contribution in [3.05, 3.63) is 35.4 Å². The fraction of sp³-hybridized carbons (Fsp3) is 0.625. The molecule has 0 spiro atoms. The number of hydrogen-bond acceptors (Lipinski definition) is 0. The van der Waals surface area contributed by atoms with Gasteiger partial charge in [-0.05, 0) is 30.4 Å². The van der Waals surface area contributed by atoms with Crippen molar-refractivity contribution in [2.45, 2.75) is 64.5 Å². The highest BCUT2D eigenvalue weighted by atomic mass is 19.4. The molecule has 0 bridgehead atoms. The van der Waals surface area contributed by atoms with E-state index in [1.165, 1.54) is 12.1 Å². The summed E-state index contributed by atoms with van der Waals surface area (Å²) in [7, 11) is 0. The third-order valence-corrected chi connectivity index (χ3v) is 3.60. The summed E-state index contributed by atoms with van der Waals surface area (Å²) in [6, 6.07) is 6.01. The second kappa shape index (κ2) is 7.56. The van der Waals surface area contributed by atoms with Gasteiger partial charge < -0.3 is 0 Å². The van der Waals surface area contributed by atoms with Crippen LogP contribution in [0.25, 0.3) is 0 Å². The molecule has 0 saturated heterocycles. The van der Waals surface area contributed by atoms with E-state index in [9.17, 15) is 13.2 Å². The number of benzene rings is 1. The molecular formula is C16H23F3. The second-order valence-corrected chi connectivity index (χ2v) is 5.04. The molecule has 0 aliphatic heterocycles. The van der Waals surface area contributed by atoms with Crippen LogP contribution < -0.4 is 0 Å². The maximum atomic E-state index is 13.0. The summed E-state index contributed by atoms with van der Waals surface area (Å²) >= 11 is 0. The molecule has 3 heteroatoms. The zero-order valence-corrected chi connectivity index (χ0v) is 11.8. The Balaban J connectivity index is 2.80. The van der Waals surface area contributed by atoms with Gasteiger partial charge in [0, 0.05) is 0 Å². The fourth-order valence-corrected chi connectivity index (χ4v) is 2.51. The Morgan fingerprint density at radius 2 is 1.68 bits per heavy atom. The van der Waals surface area contributed by atoms with E-state index in [-0.39, 0.29) is 5.92 Å². The molecule has 1 rings (SSSR count). The van der Waals surface area contributed by atoms with Crippen molar-refractivity contribution in [1.82, 2.24) is 0 Å². The molecule has 0 aliphatic rings. The van der Waals surface area contributed by atoms with Gasteiger partial charge in [0.1, 0.15) is 0 Å². The SMILES string of the molecule is CCCCCCC(CC)c1ccccc1C(F)(F)F. The normalized spacial score (nSPS) is 13.5. The summed E-state index contributed by atoms with van der Waals surface area (Å²) in [5.41, 5.74) is 0.00587. The van der Waals surface area contributed by atoms with Crippen molar-refractivity contribution < 1.29 is 13.2 Å². The van der Waals surface area contributed by atoms with E-state index in [0.29, 0.717) is 5.56 Å². The molecule has 0 nitrogen and oxygen atoms in total. The van der Waals surface area contributed by atoms with Gasteiger partial charge in [-0.3, -0.25) is 0 Å². The molecule has 108 valence electrons. The minimum absolute atomic E-state index is 0.0229. The zero-order valence-electron chi connectivity index (χ0n) is 11.8. The predicted molar refractivity (Wildman–Crippen MR) is 73.2 cm³/mol. The number of unbranched alkanes of at least 4 members (excludes halogenated alkanes) is 3. The first-order valence-corrected chi connectivity index (χ1v) is 7.16. The monoisotopic (exact) mass is 272 g/mol. The smallest absolute Gasteiger partial charge is 0.166 e. The van der Waals surface area contributed by atoms with Gasteiger partial charge in [-0.1, -0.05) is 57.7 Å². The van der Waals surface area contributed by atoms with Crippen molar-refractivity contribution >= 4 is 0 Å². The van der Waals surface area contributed by atoms with Gasteiger partial charge in [0.25, 0.3) is 0 Å². The fourth-order valence-electron chi connectivity index (χ4n) is 2.51. The van der Waals surface area contributed by atoms with Gasteiger partial charge in [0.05, 0.1) is 5.56 Å². The predicted octanol–water partition coefficient (Wildman–Crippen LogP) is 6.17. The van der Waals surface area contributed by atoms with Crippen LogP contribution in [0, 0.1) is 0 Å². The highest BCUT2D eigenvalue weighted by Crippen LogP contribution is 2.37. The van der Waals surface area contributed by atoms with Gasteiger partial charge >= 0.3 is 6.18 Å². The summed E-state index contributed by atoms with van der Waals surface area (Å²) in [5.74, 6) is 0.0229. The molecular weight excluding hydrogens is 249 g/mol. The Bertz CT molecular complexity index is 369. The van der Waals surface area contributed by atoms with E-state index in [1.54, 1.807) is 12.1 Å². The Morgan fingerprint density at radius 1 is 1.00 bits per heavy atom. The standard InChI is InChI=1S/C16H23F3/c1-3-5-6-7-10-13(4-2)14-11-8-9-12-15(14)16(17,18)19/h8-9,11-13H,3-7,10H2,1-2H3. The summed E-state index contributed by atoms with van der Waals surface area (Å²) in [6.45, 7) is 4.11. The highest BCUT2D eigenvalue weighted by Gasteiger charge is 2.34. The minimum atomic E-state index is -4.24. The summed E-state index contributed by atoms with van der Waals surface area (Å²) in [6.07, 6.45) is 1.81. The summed E-state index contributed by atoms with van der Waals surface area (Å²) < 4.78 is 39.0. The van der Waals surface area contributed by atoms with E-state index in [4.69, 9.17) is 0 Å². The quantitative estimate of drug-likeness (QED) is 0.521. The number of alkyl halides is 3. The third kappa shape index (κ3) is 4.88. The number of hydrogen-bond donors (Lipinski definition) is 0. The molecule has 1 aromatic rings. The highest BCUT2D eigenvalue weighted by molar-refractivity contribution is 5.32. The van der Waals surface area contributed by atoms with Gasteiger partial charge in [0.2, 0.25) is 0 Å². The maximum Gasteiger partial charge on any atom is 0.416 e. The summed E-state index contributed by atoms with van der Waals surface area (Å²) in [4.78, 5) is 0. The Kier molecular flexibility index (Phi) is 6.40. The summed E-state index contributed by atoms with van der Waals surface area (Å²) in [5, 5.41) is 0. The molecule has 0 amide bonds. The van der Waals surface area contributed by atoms with Gasteiger partial charge in [-0.15, -0.1) is 0 Å². The zero-order chi connectivity index (χ0) is 14.3. The average molecular weight is 272 g/mol. The average Bonchev–Trinajstić information content (AvgIpc) is 2.38. The Labute approximate surface area is 114 Å². The van der Waals surface area contributed by atoms with Gasteiger partial charge in [0.15, 0.2) is 0 Å². The van der Waals surface area contributed by atoms with E-state index in [1.807, 2.05) is 6.92 Å². The van der Waals surface area contributed by atoms with Gasteiger partial charge in [-0.25, -0.2) is 0 Å². The molecule has 1 unspecified atom stereocenters. The van der Waals surface area contributed by atoms with Gasteiger partial charge in [-0.2, -0.15) is 13.2 Å². The van der Waals surface area contributed by atoms with Crippen molar-refractivity contribution in [3.8, 4) is 0 Å². The lowest BCUT2D eigenvalue weighted by Crippen LogP contribution is -2.12. The molecule has 0 saturated carbocycles. The molecule has 1 aromatic carbocycles. The van der Waals surface area contributed by atoms with E-state index in [0.717, 1.165) is 38.5 Å². The van der Waals surface area contributed by atoms with Crippen LogP contribution in [0.3, 0.4) is 0 Å². The van der Waals surface area contributed by atoms with E-state index < -0.39 is 11.7 Å². The van der Waals surface area contributed by atoms with Crippen LogP contribution in [0.4, 0.5) is 13.2 Å². The van der Waals surface area contributed by atoms with Crippen molar-refractivity contribution in [2.24, 2.45) is 0 Å². The first-order valence-electron chi connectivity index (χ1n) is 7.16. The lowest BCUT2D eigenvalue weighted by molar-refractivity contribution is -0.138. The van der Waals surface area contributed by atoms with Crippen LogP contribution in [0.1, 0.15) is 69.4 Å². The van der Waals surface area contributed by atoms with Crippen molar-refractivity contribution in [3.63, 3.8) is 0 Å². The largest absolute Gasteiger partial charge is 0.416 e. The second-order valence-electron chi connectivity index (χ2n) is 5.04. The van der Waals surface area contributed by atoms with Crippen LogP contribution in [0.15, 0.2) is 24.3 Å². The van der Waals surface area contributed by atoms with Crippen molar-refractivity contribution in [2.75, 3.05) is 0 Å². The third-order valence-electron chi connectivity index (χ3n) is 3.60. The van der Waals surface area contributed by atoms with Crippen LogP contribution in [-0.4, -0.2) is 0 Å². The van der Waals surface area contributed by atoms with E-state index >= 15 is 0 Å². The lowest BCUT2D eigenvalue weighted by atomic mass is 9.87. The van der Waals surface area contributed by atoms with Crippen molar-refractivity contribution in [1.29, 1.82) is 0 Å².